The van der Waals surface area contributed by atoms with Crippen LogP contribution in [-0.4, -0.2) is 21.5 Å². The maximum atomic E-state index is 12.8. The predicted molar refractivity (Wildman–Crippen MR) is 89.7 cm³/mol. The van der Waals surface area contributed by atoms with Crippen molar-refractivity contribution < 1.29 is 4.79 Å². The zero-order valence-corrected chi connectivity index (χ0v) is 13.7. The number of carbonyl (C=O) groups excluding carboxylic acids is 1. The Morgan fingerprint density at radius 1 is 1.22 bits per heavy atom. The molecule has 4 rings (SSSR count). The maximum Gasteiger partial charge on any atom is 0.253 e. The molecule has 4 heteroatoms. The third-order valence-electron chi connectivity index (χ3n) is 5.11. The number of rotatable bonds is 5. The highest BCUT2D eigenvalue weighted by Gasteiger charge is 2.42. The summed E-state index contributed by atoms with van der Waals surface area (Å²) in [6.45, 7) is 4.03. The standard InChI is InChI=1S/C19H23N3O/c1-12-11-16(13(2)22(12)17-5-3-4-10-20-17)19(23)21-18(14-6-7-14)15-8-9-15/h3-5,10-11,14-15,18H,6-9H2,1-2H3,(H,21,23). The van der Waals surface area contributed by atoms with E-state index in [1.807, 2.05) is 38.1 Å². The summed E-state index contributed by atoms with van der Waals surface area (Å²) in [5, 5.41) is 3.32. The molecule has 2 heterocycles. The molecule has 0 saturated heterocycles. The lowest BCUT2D eigenvalue weighted by atomic mass is 10.1. The first-order valence-corrected chi connectivity index (χ1v) is 8.56. The molecule has 2 aromatic rings. The van der Waals surface area contributed by atoms with Gasteiger partial charge in [-0.15, -0.1) is 0 Å². The second-order valence-electron chi connectivity index (χ2n) is 6.98. The fourth-order valence-corrected chi connectivity index (χ4v) is 3.59. The molecular formula is C19H23N3O. The Balaban J connectivity index is 1.60. The summed E-state index contributed by atoms with van der Waals surface area (Å²) in [6.07, 6.45) is 6.87. The van der Waals surface area contributed by atoms with Crippen LogP contribution in [0.25, 0.3) is 5.82 Å². The molecule has 1 amide bonds. The number of pyridine rings is 1. The molecule has 1 N–H and O–H groups in total. The third kappa shape index (κ3) is 2.78. The molecule has 23 heavy (non-hydrogen) atoms. The number of aromatic nitrogens is 2. The van der Waals surface area contributed by atoms with E-state index in [4.69, 9.17) is 0 Å². The van der Waals surface area contributed by atoms with Crippen molar-refractivity contribution in [3.8, 4) is 5.82 Å². The summed E-state index contributed by atoms with van der Waals surface area (Å²) in [5.41, 5.74) is 2.78. The van der Waals surface area contributed by atoms with Crippen molar-refractivity contribution >= 4 is 5.91 Å². The predicted octanol–water partition coefficient (Wildman–Crippen LogP) is 3.41. The smallest absolute Gasteiger partial charge is 0.253 e. The Morgan fingerprint density at radius 3 is 2.48 bits per heavy atom. The first-order valence-electron chi connectivity index (χ1n) is 8.56. The second kappa shape index (κ2) is 5.52. The average Bonchev–Trinajstić information content (AvgIpc) is 3.45. The van der Waals surface area contributed by atoms with E-state index in [0.717, 1.165) is 22.8 Å². The van der Waals surface area contributed by atoms with Gasteiger partial charge in [-0.2, -0.15) is 0 Å². The van der Waals surface area contributed by atoms with Gasteiger partial charge in [0.15, 0.2) is 0 Å². The highest BCUT2D eigenvalue weighted by Crippen LogP contribution is 2.44. The minimum Gasteiger partial charge on any atom is -0.349 e. The van der Waals surface area contributed by atoms with Gasteiger partial charge >= 0.3 is 0 Å². The van der Waals surface area contributed by atoms with Gasteiger partial charge in [-0.1, -0.05) is 6.07 Å². The number of hydrogen-bond acceptors (Lipinski definition) is 2. The molecule has 0 aromatic carbocycles. The summed E-state index contributed by atoms with van der Waals surface area (Å²) in [4.78, 5) is 17.2. The van der Waals surface area contributed by atoms with Crippen molar-refractivity contribution in [3.63, 3.8) is 0 Å². The first kappa shape index (κ1) is 14.5. The van der Waals surface area contributed by atoms with E-state index in [2.05, 4.69) is 14.9 Å². The molecule has 0 radical (unpaired) electrons. The molecule has 2 fully saturated rings. The van der Waals surface area contributed by atoms with Crippen molar-refractivity contribution in [1.82, 2.24) is 14.9 Å². The van der Waals surface area contributed by atoms with Gasteiger partial charge in [0.1, 0.15) is 5.82 Å². The molecular weight excluding hydrogens is 286 g/mol. The average molecular weight is 309 g/mol. The Kier molecular flexibility index (Phi) is 3.47. The largest absolute Gasteiger partial charge is 0.349 e. The fourth-order valence-electron chi connectivity index (χ4n) is 3.59. The van der Waals surface area contributed by atoms with E-state index in [1.165, 1.54) is 25.7 Å². The molecule has 0 aliphatic heterocycles. The Morgan fingerprint density at radius 2 is 1.91 bits per heavy atom. The number of amides is 1. The maximum absolute atomic E-state index is 12.8. The summed E-state index contributed by atoms with van der Waals surface area (Å²) >= 11 is 0. The third-order valence-corrected chi connectivity index (χ3v) is 5.11. The fraction of sp³-hybridized carbons (Fsp3) is 0.474. The summed E-state index contributed by atoms with van der Waals surface area (Å²) in [7, 11) is 0. The number of nitrogens with zero attached hydrogens (tertiary/aromatic N) is 2. The van der Waals surface area contributed by atoms with E-state index in [0.29, 0.717) is 17.9 Å². The van der Waals surface area contributed by atoms with Gasteiger partial charge in [-0.05, 0) is 69.6 Å². The Hall–Kier alpha value is -2.10. The van der Waals surface area contributed by atoms with E-state index in [-0.39, 0.29) is 5.91 Å². The van der Waals surface area contributed by atoms with Crippen LogP contribution >= 0.6 is 0 Å². The van der Waals surface area contributed by atoms with Crippen LogP contribution in [-0.2, 0) is 0 Å². The molecule has 2 aromatic heterocycles. The monoisotopic (exact) mass is 309 g/mol. The highest BCUT2D eigenvalue weighted by atomic mass is 16.1. The van der Waals surface area contributed by atoms with Crippen LogP contribution in [0.2, 0.25) is 0 Å². The van der Waals surface area contributed by atoms with Gasteiger partial charge in [0.25, 0.3) is 5.91 Å². The summed E-state index contributed by atoms with van der Waals surface area (Å²) < 4.78 is 2.05. The van der Waals surface area contributed by atoms with Crippen molar-refractivity contribution in [2.75, 3.05) is 0 Å². The highest BCUT2D eigenvalue weighted by molar-refractivity contribution is 5.96. The molecule has 0 atom stereocenters. The first-order chi connectivity index (χ1) is 11.1. The minimum atomic E-state index is 0.0732. The molecule has 120 valence electrons. The topological polar surface area (TPSA) is 46.9 Å². The van der Waals surface area contributed by atoms with Crippen LogP contribution in [0, 0.1) is 25.7 Å². The Bertz CT molecular complexity index is 715. The summed E-state index contributed by atoms with van der Waals surface area (Å²) in [5.74, 6) is 2.36. The molecule has 2 aliphatic carbocycles. The van der Waals surface area contributed by atoms with Gasteiger partial charge in [0.2, 0.25) is 0 Å². The van der Waals surface area contributed by atoms with Crippen LogP contribution in [0.3, 0.4) is 0 Å². The number of aryl methyl sites for hydroxylation is 1. The zero-order chi connectivity index (χ0) is 16.0. The van der Waals surface area contributed by atoms with Crippen LogP contribution in [0.1, 0.15) is 47.4 Å². The van der Waals surface area contributed by atoms with Gasteiger partial charge in [-0.25, -0.2) is 4.98 Å². The van der Waals surface area contributed by atoms with Crippen LogP contribution in [0.5, 0.6) is 0 Å². The second-order valence-corrected chi connectivity index (χ2v) is 6.98. The normalized spacial score (nSPS) is 17.5. The van der Waals surface area contributed by atoms with E-state index >= 15 is 0 Å². The van der Waals surface area contributed by atoms with Gasteiger partial charge in [-0.3, -0.25) is 4.79 Å². The molecule has 2 saturated carbocycles. The lowest BCUT2D eigenvalue weighted by molar-refractivity contribution is 0.0925. The van der Waals surface area contributed by atoms with Crippen molar-refractivity contribution in [3.05, 3.63) is 47.4 Å². The number of hydrogen-bond donors (Lipinski definition) is 1. The van der Waals surface area contributed by atoms with Crippen LogP contribution in [0.4, 0.5) is 0 Å². The van der Waals surface area contributed by atoms with Crippen molar-refractivity contribution in [1.29, 1.82) is 0 Å². The molecule has 2 aliphatic rings. The number of nitrogens with one attached hydrogen (secondary N) is 1. The lowest BCUT2D eigenvalue weighted by Gasteiger charge is -2.17. The van der Waals surface area contributed by atoms with E-state index in [1.54, 1.807) is 6.20 Å². The molecule has 0 bridgehead atoms. The molecule has 4 nitrogen and oxygen atoms in total. The molecule has 0 unspecified atom stereocenters. The van der Waals surface area contributed by atoms with Gasteiger partial charge in [0.05, 0.1) is 5.56 Å². The van der Waals surface area contributed by atoms with E-state index in [9.17, 15) is 4.79 Å². The zero-order valence-electron chi connectivity index (χ0n) is 13.7. The quantitative estimate of drug-likeness (QED) is 0.920. The van der Waals surface area contributed by atoms with Gasteiger partial charge in [0, 0.05) is 23.6 Å². The summed E-state index contributed by atoms with van der Waals surface area (Å²) in [6, 6.07) is 8.22. The SMILES string of the molecule is Cc1cc(C(=O)NC(C2CC2)C2CC2)c(C)n1-c1ccccn1. The minimum absolute atomic E-state index is 0.0732. The number of carbonyl (C=O) groups is 1. The van der Waals surface area contributed by atoms with E-state index < -0.39 is 0 Å². The van der Waals surface area contributed by atoms with Crippen molar-refractivity contribution in [2.45, 2.75) is 45.6 Å². The Labute approximate surface area is 136 Å². The van der Waals surface area contributed by atoms with Crippen LogP contribution < -0.4 is 5.32 Å². The van der Waals surface area contributed by atoms with Gasteiger partial charge < -0.3 is 9.88 Å². The van der Waals surface area contributed by atoms with Crippen LogP contribution in [0.15, 0.2) is 30.5 Å². The van der Waals surface area contributed by atoms with Crippen molar-refractivity contribution in [2.24, 2.45) is 11.8 Å². The lowest BCUT2D eigenvalue weighted by Crippen LogP contribution is -2.38. The molecule has 0 spiro atoms.